The molecule has 2 rings (SSSR count). The molecule has 11 heavy (non-hydrogen) atoms. The maximum atomic E-state index is 3.93. The minimum atomic E-state index is 0. The number of aryl methyl sites for hydroxylation is 1. The number of rotatable bonds is 0. The molecule has 0 saturated heterocycles. The Morgan fingerprint density at radius 2 is 2.18 bits per heavy atom. The average molecular weight is 317 g/mol. The Balaban J connectivity index is 0.000000605. The smallest absolute Gasteiger partial charge is 0.0469 e. The standard InChI is InChI=1S/C8H7N2.Re/c1-6-3-2-4-8-7(6)5-9-10-8;/h2-5H,1H3;/q-1;. The minimum Gasteiger partial charge on any atom is -0.581 e. The second-order valence-corrected chi connectivity index (χ2v) is 2.35. The number of aromatic nitrogens is 2. The molecule has 1 heterocycles. The van der Waals surface area contributed by atoms with E-state index in [1.54, 1.807) is 6.20 Å². The second-order valence-electron chi connectivity index (χ2n) is 2.35. The van der Waals surface area contributed by atoms with Crippen molar-refractivity contribution in [1.29, 1.82) is 0 Å². The first-order valence-electron chi connectivity index (χ1n) is 3.21. The van der Waals surface area contributed by atoms with Gasteiger partial charge < -0.3 is 10.2 Å². The first kappa shape index (κ1) is 8.45. The largest absolute Gasteiger partial charge is 0.581 e. The van der Waals surface area contributed by atoms with Gasteiger partial charge in [-0.2, -0.15) is 6.20 Å². The van der Waals surface area contributed by atoms with Crippen LogP contribution in [0.5, 0.6) is 0 Å². The van der Waals surface area contributed by atoms with Gasteiger partial charge in [0.25, 0.3) is 0 Å². The molecule has 0 aliphatic heterocycles. The van der Waals surface area contributed by atoms with Gasteiger partial charge in [0.2, 0.25) is 0 Å². The van der Waals surface area contributed by atoms with Crippen LogP contribution in [-0.4, -0.2) is 5.10 Å². The number of fused-ring (bicyclic) bond motifs is 1. The summed E-state index contributed by atoms with van der Waals surface area (Å²) in [7, 11) is 0. The summed E-state index contributed by atoms with van der Waals surface area (Å²) in [5, 5.41) is 8.90. The second kappa shape index (κ2) is 3.17. The van der Waals surface area contributed by atoms with Gasteiger partial charge in [0.1, 0.15) is 0 Å². The van der Waals surface area contributed by atoms with Crippen molar-refractivity contribution in [2.45, 2.75) is 6.92 Å². The summed E-state index contributed by atoms with van der Waals surface area (Å²) < 4.78 is 0. The number of hydrogen-bond acceptors (Lipinski definition) is 1. The molecular formula is C8H7N2Re-. The van der Waals surface area contributed by atoms with Crippen molar-refractivity contribution in [3.63, 3.8) is 0 Å². The molecule has 0 atom stereocenters. The third kappa shape index (κ3) is 1.35. The van der Waals surface area contributed by atoms with Crippen molar-refractivity contribution in [2.24, 2.45) is 0 Å². The molecular weight excluding hydrogens is 310 g/mol. The molecule has 1 aromatic carbocycles. The fraction of sp³-hybridized carbons (Fsp3) is 0.125. The van der Waals surface area contributed by atoms with Crippen molar-refractivity contribution in [2.75, 3.05) is 0 Å². The van der Waals surface area contributed by atoms with Gasteiger partial charge >= 0.3 is 0 Å². The molecule has 0 amide bonds. The summed E-state index contributed by atoms with van der Waals surface area (Å²) in [5.74, 6) is 0. The molecule has 0 unspecified atom stereocenters. The van der Waals surface area contributed by atoms with Crippen LogP contribution in [0.15, 0.2) is 24.4 Å². The Morgan fingerprint density at radius 3 is 2.91 bits per heavy atom. The molecule has 2 aromatic rings. The van der Waals surface area contributed by atoms with E-state index < -0.39 is 0 Å². The molecule has 1 aromatic heterocycles. The van der Waals surface area contributed by atoms with Crippen molar-refractivity contribution >= 4 is 10.9 Å². The summed E-state index contributed by atoms with van der Waals surface area (Å²) in [6, 6.07) is 6.02. The monoisotopic (exact) mass is 318 g/mol. The van der Waals surface area contributed by atoms with Gasteiger partial charge in [-0.25, -0.2) is 0 Å². The predicted molar refractivity (Wildman–Crippen MR) is 39.8 cm³/mol. The molecule has 1 radical (unpaired) electrons. The first-order chi connectivity index (χ1) is 4.88. The molecule has 0 fully saturated rings. The van der Waals surface area contributed by atoms with Crippen LogP contribution in [0.2, 0.25) is 0 Å². The van der Waals surface area contributed by atoms with Crippen LogP contribution in [0.4, 0.5) is 0 Å². The van der Waals surface area contributed by atoms with E-state index in [1.165, 1.54) is 5.56 Å². The van der Waals surface area contributed by atoms with E-state index in [2.05, 4.69) is 23.2 Å². The fourth-order valence-electron chi connectivity index (χ4n) is 1.07. The van der Waals surface area contributed by atoms with Crippen LogP contribution in [0.1, 0.15) is 5.56 Å². The number of hydrogen-bond donors (Lipinski definition) is 0. The third-order valence-electron chi connectivity index (χ3n) is 1.65. The molecule has 0 N–H and O–H groups in total. The topological polar surface area (TPSA) is 27.0 Å². The molecule has 0 bridgehead atoms. The molecule has 0 aliphatic rings. The predicted octanol–water partition coefficient (Wildman–Crippen LogP) is 1.50. The van der Waals surface area contributed by atoms with Gasteiger partial charge in [0, 0.05) is 25.9 Å². The Hall–Kier alpha value is -0.648. The molecule has 3 heteroatoms. The van der Waals surface area contributed by atoms with Gasteiger partial charge in [0.05, 0.1) is 0 Å². The summed E-state index contributed by atoms with van der Waals surface area (Å²) in [6.45, 7) is 2.06. The van der Waals surface area contributed by atoms with Crippen LogP contribution in [0, 0.1) is 6.92 Å². The molecule has 0 spiro atoms. The number of nitrogens with zero attached hydrogens (tertiary/aromatic N) is 2. The summed E-state index contributed by atoms with van der Waals surface area (Å²) >= 11 is 0. The number of benzene rings is 1. The Bertz CT molecular complexity index is 354. The maximum absolute atomic E-state index is 3.93. The minimum absolute atomic E-state index is 0. The van der Waals surface area contributed by atoms with E-state index in [9.17, 15) is 0 Å². The normalized spacial score (nSPS) is 9.55. The van der Waals surface area contributed by atoms with Gasteiger partial charge in [0.15, 0.2) is 0 Å². The average Bonchev–Trinajstić information content (AvgIpc) is 2.36. The Kier molecular flexibility index (Phi) is 2.43. The first-order valence-corrected chi connectivity index (χ1v) is 3.21. The summed E-state index contributed by atoms with van der Waals surface area (Å²) in [6.07, 6.45) is 1.80. The molecule has 0 aliphatic carbocycles. The fourth-order valence-corrected chi connectivity index (χ4v) is 1.07. The van der Waals surface area contributed by atoms with E-state index in [0.717, 1.165) is 10.9 Å². The van der Waals surface area contributed by atoms with Crippen molar-refractivity contribution < 1.29 is 20.4 Å². The Labute approximate surface area is 78.7 Å². The van der Waals surface area contributed by atoms with E-state index >= 15 is 0 Å². The Morgan fingerprint density at radius 1 is 1.36 bits per heavy atom. The quantitative estimate of drug-likeness (QED) is 0.736. The van der Waals surface area contributed by atoms with E-state index in [1.807, 2.05) is 12.1 Å². The van der Waals surface area contributed by atoms with Gasteiger partial charge in [-0.3, -0.25) is 0 Å². The summed E-state index contributed by atoms with van der Waals surface area (Å²) in [5.41, 5.74) is 2.22. The zero-order valence-corrected chi connectivity index (χ0v) is 8.80. The SMILES string of the molecule is Cc1cccc2n[n-]cc12.[Re]. The van der Waals surface area contributed by atoms with Crippen LogP contribution < -0.4 is 5.10 Å². The van der Waals surface area contributed by atoms with Crippen molar-refractivity contribution in [3.8, 4) is 0 Å². The molecule has 2 nitrogen and oxygen atoms in total. The van der Waals surface area contributed by atoms with E-state index in [-0.39, 0.29) is 20.4 Å². The molecule has 57 valence electrons. The van der Waals surface area contributed by atoms with Crippen molar-refractivity contribution in [3.05, 3.63) is 30.0 Å². The summed E-state index contributed by atoms with van der Waals surface area (Å²) in [4.78, 5) is 0. The maximum Gasteiger partial charge on any atom is 0.0469 e. The zero-order chi connectivity index (χ0) is 6.97. The van der Waals surface area contributed by atoms with Crippen LogP contribution in [-0.2, 0) is 20.4 Å². The van der Waals surface area contributed by atoms with Gasteiger partial charge in [-0.05, 0) is 23.9 Å². The van der Waals surface area contributed by atoms with E-state index in [0.29, 0.717) is 0 Å². The van der Waals surface area contributed by atoms with Gasteiger partial charge in [-0.15, -0.1) is 0 Å². The zero-order valence-electron chi connectivity index (χ0n) is 6.08. The van der Waals surface area contributed by atoms with Crippen LogP contribution >= 0.6 is 0 Å². The van der Waals surface area contributed by atoms with Crippen molar-refractivity contribution in [1.82, 2.24) is 10.2 Å². The van der Waals surface area contributed by atoms with Crippen LogP contribution in [0.25, 0.3) is 10.9 Å². The van der Waals surface area contributed by atoms with Gasteiger partial charge in [-0.1, -0.05) is 12.1 Å². The van der Waals surface area contributed by atoms with E-state index in [4.69, 9.17) is 0 Å². The third-order valence-corrected chi connectivity index (χ3v) is 1.65. The van der Waals surface area contributed by atoms with Crippen LogP contribution in [0.3, 0.4) is 0 Å². The molecule has 0 saturated carbocycles.